The topological polar surface area (TPSA) is 69.9 Å². The van der Waals surface area contributed by atoms with E-state index < -0.39 is 5.75 Å². The molecule has 0 fully saturated rings. The van der Waals surface area contributed by atoms with Gasteiger partial charge in [-0.2, -0.15) is 0 Å². The second-order valence-corrected chi connectivity index (χ2v) is 4.01. The SMILES string of the molecule is COc1ccc(/C=C/c2cc(O)c(O)c(O)c2)cc1. The standard InChI is InChI=1S/C15H14O4/c1-19-12-6-4-10(5-7-12)2-3-11-8-13(16)15(18)14(17)9-11/h2-9,16-18H,1H3/b3-2+. The Labute approximate surface area is 110 Å². The zero-order valence-corrected chi connectivity index (χ0v) is 10.4. The number of phenolic OH excluding ortho intramolecular Hbond substituents is 3. The Morgan fingerprint density at radius 3 is 1.89 bits per heavy atom. The highest BCUT2D eigenvalue weighted by atomic mass is 16.5. The summed E-state index contributed by atoms with van der Waals surface area (Å²) in [7, 11) is 1.60. The van der Waals surface area contributed by atoms with Crippen LogP contribution < -0.4 is 4.74 Å². The predicted molar refractivity (Wildman–Crippen MR) is 73.4 cm³/mol. The molecule has 0 spiro atoms. The molecule has 0 saturated carbocycles. The van der Waals surface area contributed by atoms with Crippen molar-refractivity contribution in [3.8, 4) is 23.0 Å². The Kier molecular flexibility index (Phi) is 3.61. The Bertz CT molecular complexity index is 577. The second-order valence-electron chi connectivity index (χ2n) is 4.01. The van der Waals surface area contributed by atoms with Crippen LogP contribution in [0.25, 0.3) is 12.2 Å². The van der Waals surface area contributed by atoms with Gasteiger partial charge in [-0.25, -0.2) is 0 Å². The number of aromatic hydroxyl groups is 3. The first-order valence-corrected chi connectivity index (χ1v) is 5.67. The third kappa shape index (κ3) is 2.98. The largest absolute Gasteiger partial charge is 0.504 e. The van der Waals surface area contributed by atoms with Crippen LogP contribution in [0.1, 0.15) is 11.1 Å². The number of phenols is 3. The summed E-state index contributed by atoms with van der Waals surface area (Å²) in [5, 5.41) is 28.0. The van der Waals surface area contributed by atoms with E-state index in [2.05, 4.69) is 0 Å². The average molecular weight is 258 g/mol. The first-order chi connectivity index (χ1) is 9.10. The number of methoxy groups -OCH3 is 1. The Morgan fingerprint density at radius 2 is 1.37 bits per heavy atom. The quantitative estimate of drug-likeness (QED) is 0.584. The van der Waals surface area contributed by atoms with Crippen molar-refractivity contribution in [1.82, 2.24) is 0 Å². The molecular formula is C15H14O4. The van der Waals surface area contributed by atoms with Crippen LogP contribution >= 0.6 is 0 Å². The van der Waals surface area contributed by atoms with Gasteiger partial charge in [-0.15, -0.1) is 0 Å². The lowest BCUT2D eigenvalue weighted by Crippen LogP contribution is -1.81. The lowest BCUT2D eigenvalue weighted by Gasteiger charge is -2.02. The summed E-state index contributed by atoms with van der Waals surface area (Å²) in [6, 6.07) is 10.2. The van der Waals surface area contributed by atoms with Crippen LogP contribution in [0.15, 0.2) is 36.4 Å². The van der Waals surface area contributed by atoms with E-state index in [4.69, 9.17) is 4.74 Å². The van der Waals surface area contributed by atoms with Crippen molar-refractivity contribution in [2.75, 3.05) is 7.11 Å². The van der Waals surface area contributed by atoms with Gasteiger partial charge in [-0.3, -0.25) is 0 Å². The van der Waals surface area contributed by atoms with Crippen molar-refractivity contribution in [1.29, 1.82) is 0 Å². The highest BCUT2D eigenvalue weighted by molar-refractivity contribution is 5.72. The fraction of sp³-hybridized carbons (Fsp3) is 0.0667. The second kappa shape index (κ2) is 5.35. The van der Waals surface area contributed by atoms with Crippen LogP contribution in [0.3, 0.4) is 0 Å². The minimum atomic E-state index is -0.512. The molecule has 0 unspecified atom stereocenters. The van der Waals surface area contributed by atoms with Crippen LogP contribution in [0, 0.1) is 0 Å². The Balaban J connectivity index is 2.22. The lowest BCUT2D eigenvalue weighted by atomic mass is 10.1. The smallest absolute Gasteiger partial charge is 0.200 e. The molecule has 2 aromatic carbocycles. The van der Waals surface area contributed by atoms with Crippen LogP contribution in [0.5, 0.6) is 23.0 Å². The molecule has 0 atom stereocenters. The maximum absolute atomic E-state index is 9.39. The van der Waals surface area contributed by atoms with E-state index in [9.17, 15) is 15.3 Å². The van der Waals surface area contributed by atoms with Crippen molar-refractivity contribution < 1.29 is 20.1 Å². The average Bonchev–Trinajstić information content (AvgIpc) is 2.43. The van der Waals surface area contributed by atoms with Gasteiger partial charge in [-0.1, -0.05) is 24.3 Å². The normalized spacial score (nSPS) is 10.8. The van der Waals surface area contributed by atoms with E-state index in [1.54, 1.807) is 13.2 Å². The molecule has 0 saturated heterocycles. The summed E-state index contributed by atoms with van der Waals surface area (Å²) in [6.07, 6.45) is 3.55. The van der Waals surface area contributed by atoms with Gasteiger partial charge in [0.25, 0.3) is 0 Å². The number of benzene rings is 2. The molecule has 2 rings (SSSR count). The molecule has 2 aromatic rings. The Hall–Kier alpha value is -2.62. The first-order valence-electron chi connectivity index (χ1n) is 5.67. The molecule has 0 aromatic heterocycles. The van der Waals surface area contributed by atoms with Crippen LogP contribution in [-0.4, -0.2) is 22.4 Å². The number of hydrogen-bond acceptors (Lipinski definition) is 4. The van der Waals surface area contributed by atoms with E-state index in [0.29, 0.717) is 5.56 Å². The van der Waals surface area contributed by atoms with Crippen LogP contribution in [-0.2, 0) is 0 Å². The van der Waals surface area contributed by atoms with Gasteiger partial charge < -0.3 is 20.1 Å². The van der Waals surface area contributed by atoms with Crippen molar-refractivity contribution in [3.05, 3.63) is 47.5 Å². The van der Waals surface area contributed by atoms with Gasteiger partial charge >= 0.3 is 0 Å². The van der Waals surface area contributed by atoms with E-state index in [1.165, 1.54) is 12.1 Å². The van der Waals surface area contributed by atoms with E-state index in [-0.39, 0.29) is 11.5 Å². The van der Waals surface area contributed by atoms with E-state index in [0.717, 1.165) is 11.3 Å². The summed E-state index contributed by atoms with van der Waals surface area (Å²) in [6.45, 7) is 0. The number of hydrogen-bond donors (Lipinski definition) is 3. The fourth-order valence-corrected chi connectivity index (χ4v) is 1.63. The number of rotatable bonds is 3. The summed E-state index contributed by atoms with van der Waals surface area (Å²) in [5.74, 6) is -0.442. The summed E-state index contributed by atoms with van der Waals surface area (Å²) >= 11 is 0. The minimum absolute atomic E-state index is 0.352. The predicted octanol–water partition coefficient (Wildman–Crippen LogP) is 2.98. The molecule has 4 heteroatoms. The van der Waals surface area contributed by atoms with Gasteiger partial charge in [0.05, 0.1) is 7.11 Å². The minimum Gasteiger partial charge on any atom is -0.504 e. The Morgan fingerprint density at radius 1 is 0.842 bits per heavy atom. The third-order valence-electron chi connectivity index (χ3n) is 2.68. The third-order valence-corrected chi connectivity index (χ3v) is 2.68. The van der Waals surface area contributed by atoms with E-state index in [1.807, 2.05) is 30.3 Å². The monoisotopic (exact) mass is 258 g/mol. The summed E-state index contributed by atoms with van der Waals surface area (Å²) < 4.78 is 5.06. The van der Waals surface area contributed by atoms with Gasteiger partial charge in [0, 0.05) is 0 Å². The maximum Gasteiger partial charge on any atom is 0.200 e. The molecule has 0 radical (unpaired) electrons. The van der Waals surface area contributed by atoms with Gasteiger partial charge in [-0.05, 0) is 35.4 Å². The molecule has 0 heterocycles. The molecule has 98 valence electrons. The molecule has 0 aliphatic carbocycles. The zero-order chi connectivity index (χ0) is 13.8. The van der Waals surface area contributed by atoms with Crippen molar-refractivity contribution >= 4 is 12.2 Å². The fourth-order valence-electron chi connectivity index (χ4n) is 1.63. The van der Waals surface area contributed by atoms with Crippen LogP contribution in [0.2, 0.25) is 0 Å². The van der Waals surface area contributed by atoms with Crippen molar-refractivity contribution in [3.63, 3.8) is 0 Å². The van der Waals surface area contributed by atoms with E-state index >= 15 is 0 Å². The van der Waals surface area contributed by atoms with Crippen molar-refractivity contribution in [2.45, 2.75) is 0 Å². The van der Waals surface area contributed by atoms with Crippen LogP contribution in [0.4, 0.5) is 0 Å². The highest BCUT2D eigenvalue weighted by Gasteiger charge is 2.06. The van der Waals surface area contributed by atoms with Gasteiger partial charge in [0.15, 0.2) is 17.2 Å². The maximum atomic E-state index is 9.39. The van der Waals surface area contributed by atoms with Gasteiger partial charge in [0.1, 0.15) is 5.75 Å². The molecule has 0 aliphatic heterocycles. The molecule has 19 heavy (non-hydrogen) atoms. The molecule has 0 amide bonds. The molecule has 0 aliphatic rings. The van der Waals surface area contributed by atoms with Gasteiger partial charge in [0.2, 0.25) is 0 Å². The lowest BCUT2D eigenvalue weighted by molar-refractivity contribution is 0.368. The summed E-state index contributed by atoms with van der Waals surface area (Å²) in [5.41, 5.74) is 1.54. The zero-order valence-electron chi connectivity index (χ0n) is 10.4. The highest BCUT2D eigenvalue weighted by Crippen LogP contribution is 2.35. The molecule has 4 nitrogen and oxygen atoms in total. The molecule has 3 N–H and O–H groups in total. The van der Waals surface area contributed by atoms with Crippen molar-refractivity contribution in [2.24, 2.45) is 0 Å². The first kappa shape index (κ1) is 12.8. The molecule has 0 bridgehead atoms. The molecular weight excluding hydrogens is 244 g/mol. The number of ether oxygens (including phenoxy) is 1. The summed E-state index contributed by atoms with van der Waals surface area (Å²) in [4.78, 5) is 0.